The Balaban J connectivity index is -0.000000355. The molecule has 0 fully saturated rings. The average molecular weight is 279 g/mol. The standard InChI is InChI=1S/C10H13NS.C2H6.CH3O.K/c1-5-7(2)6-10-8(3)11-9(4)12-10;2*1-2;/h5-6H,3H2,1-2,4H3;1-2H3;1H3;/q;;-1;+1/b7-5-,10-6+;;;. The fraction of sp³-hybridized carbons (Fsp3) is 0.462. The minimum atomic E-state index is 0. The molecule has 0 aromatic carbocycles. The minimum Gasteiger partial charge on any atom is -0.857 e. The maximum absolute atomic E-state index is 8.25. The first-order valence-corrected chi connectivity index (χ1v) is 6.13. The molecular formula is C13H22KNOS. The summed E-state index contributed by atoms with van der Waals surface area (Å²) in [5.41, 5.74) is 1.25. The maximum atomic E-state index is 8.25. The number of nitrogens with zero attached hydrogens (tertiary/aromatic N) is 1. The molecule has 0 atom stereocenters. The number of allylic oxidation sites excluding steroid dienone is 2. The van der Waals surface area contributed by atoms with Gasteiger partial charge >= 0.3 is 51.4 Å². The van der Waals surface area contributed by atoms with Gasteiger partial charge in [-0.05, 0) is 26.8 Å². The molecule has 1 aromatic heterocycles. The molecule has 92 valence electrons. The summed E-state index contributed by atoms with van der Waals surface area (Å²) in [6.45, 7) is 14.0. The molecule has 0 aliphatic carbocycles. The number of thiazole rings is 1. The summed E-state index contributed by atoms with van der Waals surface area (Å²) in [4.78, 5) is 4.25. The SMILES string of the molecule is C=c1nc(C)s/c1=C/C(C)=C\C.CC.C[O-].[K+]. The van der Waals surface area contributed by atoms with E-state index in [-0.39, 0.29) is 51.4 Å². The van der Waals surface area contributed by atoms with Crippen molar-refractivity contribution in [2.24, 2.45) is 0 Å². The summed E-state index contributed by atoms with van der Waals surface area (Å²) < 4.78 is 1.17. The Kier molecular flexibility index (Phi) is 19.8. The van der Waals surface area contributed by atoms with Crippen LogP contribution in [0.25, 0.3) is 12.7 Å². The van der Waals surface area contributed by atoms with E-state index in [9.17, 15) is 0 Å². The molecule has 1 rings (SSSR count). The fourth-order valence-electron chi connectivity index (χ4n) is 0.889. The van der Waals surface area contributed by atoms with Crippen molar-refractivity contribution in [3.8, 4) is 0 Å². The second-order valence-electron chi connectivity index (χ2n) is 2.72. The van der Waals surface area contributed by atoms with Gasteiger partial charge in [-0.3, -0.25) is 0 Å². The van der Waals surface area contributed by atoms with Crippen LogP contribution in [0, 0.1) is 6.92 Å². The van der Waals surface area contributed by atoms with E-state index in [4.69, 9.17) is 5.11 Å². The van der Waals surface area contributed by atoms with Crippen LogP contribution in [0.4, 0.5) is 0 Å². The second-order valence-corrected chi connectivity index (χ2v) is 3.96. The van der Waals surface area contributed by atoms with Gasteiger partial charge in [-0.15, -0.1) is 11.3 Å². The van der Waals surface area contributed by atoms with E-state index < -0.39 is 0 Å². The summed E-state index contributed by atoms with van der Waals surface area (Å²) in [6.07, 6.45) is 4.20. The van der Waals surface area contributed by atoms with Gasteiger partial charge in [0.1, 0.15) is 0 Å². The maximum Gasteiger partial charge on any atom is 1.00 e. The van der Waals surface area contributed by atoms with Crippen molar-refractivity contribution in [1.82, 2.24) is 4.98 Å². The molecule has 0 aliphatic heterocycles. The number of rotatable bonds is 1. The molecule has 0 bridgehead atoms. The zero-order valence-corrected chi connectivity index (χ0v) is 16.1. The smallest absolute Gasteiger partial charge is 0.857 e. The molecule has 0 saturated carbocycles. The normalized spacial score (nSPS) is 10.5. The van der Waals surface area contributed by atoms with Crippen LogP contribution in [-0.2, 0) is 0 Å². The summed E-state index contributed by atoms with van der Waals surface area (Å²) in [5, 5.41) is 10.2. The van der Waals surface area contributed by atoms with E-state index in [2.05, 4.69) is 30.6 Å². The van der Waals surface area contributed by atoms with Crippen molar-refractivity contribution < 1.29 is 56.5 Å². The zero-order chi connectivity index (χ0) is 13.1. The number of aryl methyl sites for hydroxylation is 1. The van der Waals surface area contributed by atoms with Crippen LogP contribution in [0.2, 0.25) is 0 Å². The van der Waals surface area contributed by atoms with Crippen molar-refractivity contribution in [3.05, 3.63) is 26.5 Å². The molecule has 0 spiro atoms. The third-order valence-electron chi connectivity index (χ3n) is 1.65. The van der Waals surface area contributed by atoms with Crippen molar-refractivity contribution >= 4 is 24.0 Å². The van der Waals surface area contributed by atoms with Crippen LogP contribution in [0.5, 0.6) is 0 Å². The third-order valence-corrected chi connectivity index (χ3v) is 2.61. The zero-order valence-electron chi connectivity index (χ0n) is 12.1. The van der Waals surface area contributed by atoms with Gasteiger partial charge in [-0.25, -0.2) is 4.98 Å². The van der Waals surface area contributed by atoms with Gasteiger partial charge in [0.2, 0.25) is 0 Å². The van der Waals surface area contributed by atoms with E-state index in [1.807, 2.05) is 27.7 Å². The molecule has 4 heteroatoms. The van der Waals surface area contributed by atoms with Crippen LogP contribution in [0.3, 0.4) is 0 Å². The molecular weight excluding hydrogens is 257 g/mol. The van der Waals surface area contributed by atoms with Crippen LogP contribution in [-0.4, -0.2) is 12.1 Å². The first kappa shape index (κ1) is 22.8. The third kappa shape index (κ3) is 10.3. The molecule has 0 saturated heterocycles. The van der Waals surface area contributed by atoms with E-state index in [1.54, 1.807) is 11.3 Å². The van der Waals surface area contributed by atoms with Gasteiger partial charge in [0.25, 0.3) is 0 Å². The molecule has 0 N–H and O–H groups in total. The van der Waals surface area contributed by atoms with E-state index >= 15 is 0 Å². The first-order valence-electron chi connectivity index (χ1n) is 5.31. The van der Waals surface area contributed by atoms with Gasteiger partial charge in [0, 0.05) is 0 Å². The van der Waals surface area contributed by atoms with E-state index in [0.717, 1.165) is 17.5 Å². The average Bonchev–Trinajstić information content (AvgIpc) is 2.63. The summed E-state index contributed by atoms with van der Waals surface area (Å²) in [7, 11) is 0.750. The number of hydrogen-bond acceptors (Lipinski definition) is 3. The Morgan fingerprint density at radius 2 is 1.82 bits per heavy atom. The Bertz CT molecular complexity index is 410. The van der Waals surface area contributed by atoms with Crippen molar-refractivity contribution in [1.29, 1.82) is 0 Å². The first-order chi connectivity index (χ1) is 7.63. The van der Waals surface area contributed by atoms with Crippen LogP contribution in [0.15, 0.2) is 11.6 Å². The minimum absolute atomic E-state index is 0. The molecule has 1 aromatic rings. The van der Waals surface area contributed by atoms with Gasteiger partial charge in [-0.1, -0.05) is 32.1 Å². The fourth-order valence-corrected chi connectivity index (χ4v) is 1.77. The Hall–Kier alpha value is 0.706. The van der Waals surface area contributed by atoms with Crippen molar-refractivity contribution in [3.63, 3.8) is 0 Å². The largest absolute Gasteiger partial charge is 1.00 e. The number of aromatic nitrogens is 1. The summed E-state index contributed by atoms with van der Waals surface area (Å²) in [6, 6.07) is 0. The molecule has 0 unspecified atom stereocenters. The van der Waals surface area contributed by atoms with Gasteiger partial charge < -0.3 is 5.11 Å². The topological polar surface area (TPSA) is 36.0 Å². The molecule has 0 aliphatic rings. The molecule has 17 heavy (non-hydrogen) atoms. The second kappa shape index (κ2) is 14.8. The Morgan fingerprint density at radius 1 is 1.35 bits per heavy atom. The van der Waals surface area contributed by atoms with E-state index in [1.165, 1.54) is 10.1 Å². The Labute approximate surface area is 152 Å². The van der Waals surface area contributed by atoms with Crippen molar-refractivity contribution in [2.75, 3.05) is 7.11 Å². The monoisotopic (exact) mass is 279 g/mol. The molecule has 0 radical (unpaired) electrons. The predicted octanol–water partition coefficient (Wildman–Crippen LogP) is -1.38. The van der Waals surface area contributed by atoms with Crippen LogP contribution < -0.4 is 66.4 Å². The molecule has 0 amide bonds. The van der Waals surface area contributed by atoms with Gasteiger partial charge in [0.15, 0.2) is 0 Å². The molecule has 1 heterocycles. The molecule has 2 nitrogen and oxygen atoms in total. The number of hydrogen-bond donors (Lipinski definition) is 0. The van der Waals surface area contributed by atoms with Gasteiger partial charge in [-0.2, -0.15) is 7.11 Å². The predicted molar refractivity (Wildman–Crippen MR) is 72.8 cm³/mol. The summed E-state index contributed by atoms with van der Waals surface area (Å²) in [5.74, 6) is 0. The van der Waals surface area contributed by atoms with Crippen LogP contribution >= 0.6 is 11.3 Å². The quantitative estimate of drug-likeness (QED) is 0.594. The van der Waals surface area contributed by atoms with Gasteiger partial charge in [0.05, 0.1) is 14.9 Å². The van der Waals surface area contributed by atoms with Crippen molar-refractivity contribution in [2.45, 2.75) is 34.6 Å². The van der Waals surface area contributed by atoms with E-state index in [0.29, 0.717) is 0 Å². The summed E-state index contributed by atoms with van der Waals surface area (Å²) >= 11 is 1.69. The Morgan fingerprint density at radius 3 is 2.12 bits per heavy atom. The van der Waals surface area contributed by atoms with Crippen LogP contribution in [0.1, 0.15) is 32.7 Å².